The lowest BCUT2D eigenvalue weighted by Gasteiger charge is -2.34. The number of rotatable bonds is 7. The topological polar surface area (TPSA) is 92.1 Å². The number of hydrogen-bond acceptors (Lipinski definition) is 7. The Bertz CT molecular complexity index is 1420. The summed E-state index contributed by atoms with van der Waals surface area (Å²) >= 11 is 0. The van der Waals surface area contributed by atoms with Gasteiger partial charge in [-0.1, -0.05) is 30.3 Å². The number of piperidine rings is 1. The predicted molar refractivity (Wildman–Crippen MR) is 147 cm³/mol. The van der Waals surface area contributed by atoms with Gasteiger partial charge < -0.3 is 24.5 Å². The number of carbonyl (C=O) groups is 1. The molecule has 9 nitrogen and oxygen atoms in total. The highest BCUT2D eigenvalue weighted by atomic mass is 19.4. The number of hydrogen-bond donors (Lipinski definition) is 2. The Morgan fingerprint density at radius 1 is 1.12 bits per heavy atom. The van der Waals surface area contributed by atoms with Gasteiger partial charge in [-0.3, -0.25) is 9.48 Å². The molecule has 1 amide bonds. The summed E-state index contributed by atoms with van der Waals surface area (Å²) in [7, 11) is 0. The van der Waals surface area contributed by atoms with Gasteiger partial charge in [0.15, 0.2) is 12.0 Å². The van der Waals surface area contributed by atoms with E-state index in [1.807, 2.05) is 24.3 Å². The van der Waals surface area contributed by atoms with Crippen LogP contribution in [-0.2, 0) is 35.2 Å². The third-order valence-corrected chi connectivity index (χ3v) is 8.26. The van der Waals surface area contributed by atoms with Crippen molar-refractivity contribution in [2.45, 2.75) is 63.9 Å². The number of β-amino-alcohol motifs (C(OH)–C–C–N with tert-alkyl or cyclic N) is 1. The molecular weight excluding hydrogens is 551 g/mol. The van der Waals surface area contributed by atoms with E-state index in [9.17, 15) is 23.1 Å². The Morgan fingerprint density at radius 3 is 2.57 bits per heavy atom. The fourth-order valence-electron chi connectivity index (χ4n) is 6.01. The lowest BCUT2D eigenvalue weighted by molar-refractivity contribution is -0.137. The number of aromatic nitrogens is 2. The van der Waals surface area contributed by atoms with Crippen LogP contribution in [0.4, 0.5) is 13.2 Å². The van der Waals surface area contributed by atoms with E-state index in [-0.39, 0.29) is 24.8 Å². The van der Waals surface area contributed by atoms with Crippen molar-refractivity contribution < 1.29 is 32.6 Å². The Labute approximate surface area is 241 Å². The third kappa shape index (κ3) is 6.03. The zero-order valence-electron chi connectivity index (χ0n) is 23.3. The van der Waals surface area contributed by atoms with Crippen molar-refractivity contribution in [3.8, 4) is 17.0 Å². The van der Waals surface area contributed by atoms with Crippen molar-refractivity contribution in [3.63, 3.8) is 0 Å². The molecule has 3 aliphatic heterocycles. The van der Waals surface area contributed by atoms with E-state index < -0.39 is 17.8 Å². The van der Waals surface area contributed by atoms with Crippen LogP contribution in [0.15, 0.2) is 48.5 Å². The van der Waals surface area contributed by atoms with Crippen molar-refractivity contribution in [1.29, 1.82) is 0 Å². The fraction of sp³-hybridized carbons (Fsp3) is 0.467. The van der Waals surface area contributed by atoms with Gasteiger partial charge >= 0.3 is 6.18 Å². The van der Waals surface area contributed by atoms with Crippen molar-refractivity contribution in [1.82, 2.24) is 25.1 Å². The van der Waals surface area contributed by atoms with Crippen LogP contribution in [0.5, 0.6) is 5.75 Å². The van der Waals surface area contributed by atoms with Gasteiger partial charge in [0.05, 0.1) is 30.0 Å². The number of nitrogens with one attached hydrogen (secondary N) is 1. The quantitative estimate of drug-likeness (QED) is 0.435. The Kier molecular flexibility index (Phi) is 7.97. The minimum absolute atomic E-state index is 0.0688. The molecule has 2 atom stereocenters. The minimum atomic E-state index is -4.43. The molecule has 0 aliphatic carbocycles. The highest BCUT2D eigenvalue weighted by molar-refractivity contribution is 5.74. The number of fused-ring (bicyclic) bond motifs is 2. The number of likely N-dealkylation sites (tertiary alicyclic amines) is 1. The van der Waals surface area contributed by atoms with Crippen LogP contribution in [0.2, 0.25) is 0 Å². The number of alkyl halides is 3. The molecule has 12 heteroatoms. The van der Waals surface area contributed by atoms with Crippen LogP contribution in [-0.4, -0.2) is 69.0 Å². The molecule has 2 aromatic carbocycles. The zero-order valence-corrected chi connectivity index (χ0v) is 23.3. The molecule has 1 aromatic heterocycles. The summed E-state index contributed by atoms with van der Waals surface area (Å²) in [5.41, 5.74) is 6.00. The Balaban J connectivity index is 1.10. The number of para-hydroxylation sites is 1. The van der Waals surface area contributed by atoms with Gasteiger partial charge in [-0.15, -0.1) is 5.48 Å². The first-order valence-corrected chi connectivity index (χ1v) is 14.2. The van der Waals surface area contributed by atoms with Gasteiger partial charge in [0.2, 0.25) is 5.91 Å². The van der Waals surface area contributed by atoms with Crippen molar-refractivity contribution in [2.24, 2.45) is 0 Å². The molecule has 0 bridgehead atoms. The normalized spacial score (nSPS) is 20.2. The molecule has 0 radical (unpaired) electrons. The van der Waals surface area contributed by atoms with Crippen molar-refractivity contribution in [3.05, 3.63) is 70.9 Å². The van der Waals surface area contributed by atoms with E-state index in [1.54, 1.807) is 9.58 Å². The van der Waals surface area contributed by atoms with Crippen molar-refractivity contribution >= 4 is 5.91 Å². The monoisotopic (exact) mass is 585 g/mol. The van der Waals surface area contributed by atoms with Gasteiger partial charge in [-0.25, -0.2) is 0 Å². The number of aliphatic hydroxyl groups excluding tert-OH is 1. The zero-order chi connectivity index (χ0) is 29.4. The smallest absolute Gasteiger partial charge is 0.405 e. The molecule has 3 aromatic rings. The molecule has 1 fully saturated rings. The van der Waals surface area contributed by atoms with E-state index in [0.29, 0.717) is 37.3 Å². The second kappa shape index (κ2) is 11.7. The fourth-order valence-corrected chi connectivity index (χ4v) is 6.01. The number of benzene rings is 2. The van der Waals surface area contributed by atoms with Crippen LogP contribution >= 0.6 is 0 Å². The van der Waals surface area contributed by atoms with Crippen LogP contribution in [0.25, 0.3) is 11.3 Å². The third-order valence-electron chi connectivity index (χ3n) is 8.26. The first kappa shape index (κ1) is 28.7. The summed E-state index contributed by atoms with van der Waals surface area (Å²) < 4.78 is 47.4. The van der Waals surface area contributed by atoms with E-state index in [1.165, 1.54) is 19.1 Å². The van der Waals surface area contributed by atoms with Gasteiger partial charge in [0, 0.05) is 68.5 Å². The van der Waals surface area contributed by atoms with Crippen LogP contribution in [0.3, 0.4) is 0 Å². The molecule has 0 saturated carbocycles. The molecule has 1 saturated heterocycles. The number of aliphatic hydroxyl groups is 1. The number of halogens is 3. The highest BCUT2D eigenvalue weighted by Crippen LogP contribution is 2.35. The predicted octanol–water partition coefficient (Wildman–Crippen LogP) is 3.91. The van der Waals surface area contributed by atoms with Gasteiger partial charge in [0.25, 0.3) is 0 Å². The first-order valence-electron chi connectivity index (χ1n) is 14.2. The van der Waals surface area contributed by atoms with Crippen LogP contribution in [0, 0.1) is 0 Å². The summed E-state index contributed by atoms with van der Waals surface area (Å²) in [5.74, 6) is 0.707. The number of ether oxygens (including phenoxy) is 1. The molecule has 2 N–H and O–H groups in total. The molecule has 3 aliphatic rings. The highest BCUT2D eigenvalue weighted by Gasteiger charge is 2.32. The number of carbonyl (C=O) groups excluding carboxylic acids is 1. The average molecular weight is 586 g/mol. The van der Waals surface area contributed by atoms with Gasteiger partial charge in [0.1, 0.15) is 0 Å². The van der Waals surface area contributed by atoms with Crippen LogP contribution in [0.1, 0.15) is 48.4 Å². The standard InChI is InChI=1S/C30H34F3N5O4/c1-19(39)37-15-12-26-25(18-37)28(20-6-8-21(9-7-20)30(31,32)33)34-38(26)17-22(40)16-36-13-10-23(11-14-36)41-29-24-4-2-3-5-27(24)42-35-29/h2-9,22-23,29,35,40H,10-18H2,1H3. The summed E-state index contributed by atoms with van der Waals surface area (Å²) in [5, 5.41) is 15.8. The van der Waals surface area contributed by atoms with E-state index in [0.717, 1.165) is 60.6 Å². The first-order chi connectivity index (χ1) is 20.2. The Hall–Kier alpha value is -3.45. The summed E-state index contributed by atoms with van der Waals surface area (Å²) in [6.07, 6.45) is -3.16. The summed E-state index contributed by atoms with van der Waals surface area (Å²) in [6.45, 7) is 4.62. The second-order valence-corrected chi connectivity index (χ2v) is 11.1. The molecule has 4 heterocycles. The molecule has 0 spiro atoms. The molecular formula is C30H34F3N5O4. The maximum Gasteiger partial charge on any atom is 0.416 e. The SMILES string of the molecule is CC(=O)N1CCc2c(c(-c3ccc(C(F)(F)F)cc3)nn2CC(O)CN2CCC(OC3NOc4ccccc43)CC2)C1. The van der Waals surface area contributed by atoms with Gasteiger partial charge in [-0.05, 0) is 31.0 Å². The average Bonchev–Trinajstić information content (AvgIpc) is 3.54. The number of nitrogens with zero attached hydrogens (tertiary/aromatic N) is 4. The molecule has 6 rings (SSSR count). The maximum atomic E-state index is 13.1. The lowest BCUT2D eigenvalue weighted by atomic mass is 10.00. The molecule has 42 heavy (non-hydrogen) atoms. The van der Waals surface area contributed by atoms with E-state index >= 15 is 0 Å². The second-order valence-electron chi connectivity index (χ2n) is 11.1. The lowest BCUT2D eigenvalue weighted by Crippen LogP contribution is -2.43. The minimum Gasteiger partial charge on any atom is -0.405 e. The van der Waals surface area contributed by atoms with Crippen LogP contribution < -0.4 is 10.3 Å². The summed E-state index contributed by atoms with van der Waals surface area (Å²) in [4.78, 5) is 21.5. The van der Waals surface area contributed by atoms with E-state index in [2.05, 4.69) is 10.4 Å². The Morgan fingerprint density at radius 2 is 1.86 bits per heavy atom. The maximum absolute atomic E-state index is 13.1. The number of amides is 1. The summed E-state index contributed by atoms with van der Waals surface area (Å²) in [6, 6.07) is 12.7. The molecule has 2 unspecified atom stereocenters. The van der Waals surface area contributed by atoms with Gasteiger partial charge in [-0.2, -0.15) is 18.3 Å². The number of hydroxylamine groups is 1. The largest absolute Gasteiger partial charge is 0.416 e. The molecule has 224 valence electrons. The van der Waals surface area contributed by atoms with E-state index in [4.69, 9.17) is 14.7 Å². The van der Waals surface area contributed by atoms with Crippen molar-refractivity contribution in [2.75, 3.05) is 26.2 Å².